The summed E-state index contributed by atoms with van der Waals surface area (Å²) in [5.74, 6) is 0. The summed E-state index contributed by atoms with van der Waals surface area (Å²) in [5.41, 5.74) is 0.694. The molecule has 0 spiro atoms. The topological polar surface area (TPSA) is 67.3 Å². The number of benzene rings is 1. The summed E-state index contributed by atoms with van der Waals surface area (Å²) >= 11 is 0. The number of aromatic nitrogens is 1. The van der Waals surface area contributed by atoms with Crippen LogP contribution in [0.25, 0.3) is 10.9 Å². The van der Waals surface area contributed by atoms with Gasteiger partial charge in [-0.05, 0) is 24.3 Å². The molecule has 0 fully saturated rings. The molecular weight excluding hydrogens is 225 g/mol. The molecule has 15 heavy (non-hydrogen) atoms. The molecule has 4 nitrogen and oxygen atoms in total. The molecule has 0 radical (unpaired) electrons. The number of hydrogen-bond acceptors (Lipinski definition) is 3. The molecule has 0 aliphatic carbocycles. The van der Waals surface area contributed by atoms with Gasteiger partial charge in [0.05, 0.1) is 10.4 Å². The van der Waals surface area contributed by atoms with Crippen molar-refractivity contribution in [1.82, 2.24) is 4.98 Å². The molecule has 0 unspecified atom stereocenters. The van der Waals surface area contributed by atoms with Crippen molar-refractivity contribution in [1.29, 1.82) is 0 Å². The van der Waals surface area contributed by atoms with Crippen LogP contribution in [-0.4, -0.2) is 47.5 Å². The Bertz CT molecular complexity index is 583. The van der Waals surface area contributed by atoms with Crippen molar-refractivity contribution < 1.29 is 13.0 Å². The van der Waals surface area contributed by atoms with Gasteiger partial charge in [-0.3, -0.25) is 9.54 Å². The Hall–Kier alpha value is -0.460. The van der Waals surface area contributed by atoms with E-state index in [-0.39, 0.29) is 34.5 Å². The monoisotopic (exact) mass is 233 g/mol. The number of nitrogens with zero attached hydrogens (tertiary/aromatic N) is 1. The summed E-state index contributed by atoms with van der Waals surface area (Å²) in [6, 6.07) is 7.70. The summed E-state index contributed by atoms with van der Waals surface area (Å²) in [7, 11) is -4.12. The second-order valence-electron chi connectivity index (χ2n) is 2.83. The Labute approximate surface area is 109 Å². The van der Waals surface area contributed by atoms with Crippen molar-refractivity contribution in [3.05, 3.63) is 36.5 Å². The molecule has 0 aliphatic rings. The first-order valence-corrected chi connectivity index (χ1v) is 5.34. The zero-order chi connectivity index (χ0) is 10.2. The number of hydrogen-bond donors (Lipinski definition) is 1. The normalized spacial score (nSPS) is 11.0. The fourth-order valence-electron chi connectivity index (χ4n) is 1.21. The Morgan fingerprint density at radius 1 is 1.20 bits per heavy atom. The average molecular weight is 233 g/mol. The average Bonchev–Trinajstić information content (AvgIpc) is 2.16. The van der Waals surface area contributed by atoms with E-state index >= 15 is 0 Å². The molecule has 2 aromatic rings. The van der Waals surface area contributed by atoms with Crippen LogP contribution in [0.15, 0.2) is 41.4 Å². The van der Waals surface area contributed by atoms with Gasteiger partial charge >= 0.3 is 29.6 Å². The minimum absolute atomic E-state index is 0. The Kier molecular flexibility index (Phi) is 3.86. The van der Waals surface area contributed by atoms with Crippen LogP contribution >= 0.6 is 0 Å². The number of fused-ring (bicyclic) bond motifs is 1. The van der Waals surface area contributed by atoms with Gasteiger partial charge in [-0.1, -0.05) is 6.07 Å². The van der Waals surface area contributed by atoms with Gasteiger partial charge in [-0.25, -0.2) is 0 Å². The van der Waals surface area contributed by atoms with E-state index in [1.54, 1.807) is 24.4 Å². The zero-order valence-corrected chi connectivity index (χ0v) is 7.90. The molecule has 6 heteroatoms. The standard InChI is InChI=1S/C9H7NO3S.Na.H/c11-14(12,13)8-3-4-9-7(6-8)2-1-5-10-9;;/h1-6H,(H,11,12,13);;. The van der Waals surface area contributed by atoms with Gasteiger partial charge in [0.1, 0.15) is 0 Å². The Morgan fingerprint density at radius 2 is 1.93 bits per heavy atom. The van der Waals surface area contributed by atoms with E-state index in [9.17, 15) is 8.42 Å². The van der Waals surface area contributed by atoms with Crippen molar-refractivity contribution >= 4 is 50.6 Å². The molecule has 0 aliphatic heterocycles. The first kappa shape index (κ1) is 12.6. The molecule has 0 saturated carbocycles. The van der Waals surface area contributed by atoms with Crippen molar-refractivity contribution in [2.24, 2.45) is 0 Å². The van der Waals surface area contributed by atoms with Crippen molar-refractivity contribution in [2.75, 3.05) is 0 Å². The summed E-state index contributed by atoms with van der Waals surface area (Å²) in [6.07, 6.45) is 1.62. The van der Waals surface area contributed by atoms with Crippen molar-refractivity contribution in [3.8, 4) is 0 Å². The van der Waals surface area contributed by atoms with E-state index in [1.165, 1.54) is 12.1 Å². The molecule has 0 saturated heterocycles. The fourth-order valence-corrected chi connectivity index (χ4v) is 1.73. The first-order valence-electron chi connectivity index (χ1n) is 3.90. The molecule has 1 aromatic carbocycles. The molecular formula is C9H8NNaO3S. The van der Waals surface area contributed by atoms with E-state index in [0.717, 1.165) is 0 Å². The van der Waals surface area contributed by atoms with Gasteiger partial charge in [0, 0.05) is 11.6 Å². The summed E-state index contributed by atoms with van der Waals surface area (Å²) in [5, 5.41) is 0.683. The third kappa shape index (κ3) is 2.76. The summed E-state index contributed by atoms with van der Waals surface area (Å²) in [6.45, 7) is 0. The van der Waals surface area contributed by atoms with Gasteiger partial charge in [-0.2, -0.15) is 8.42 Å². The maximum atomic E-state index is 10.8. The number of rotatable bonds is 1. The second kappa shape index (κ2) is 4.59. The zero-order valence-electron chi connectivity index (χ0n) is 7.08. The molecule has 0 atom stereocenters. The molecule has 2 rings (SSSR count). The van der Waals surface area contributed by atoms with Crippen LogP contribution in [0.2, 0.25) is 0 Å². The van der Waals surface area contributed by atoms with Gasteiger partial charge < -0.3 is 0 Å². The quantitative estimate of drug-likeness (QED) is 0.585. The van der Waals surface area contributed by atoms with E-state index in [1.807, 2.05) is 0 Å². The predicted molar refractivity (Wildman–Crippen MR) is 58.7 cm³/mol. The Balaban J connectivity index is 0.00000112. The van der Waals surface area contributed by atoms with E-state index in [2.05, 4.69) is 4.98 Å². The summed E-state index contributed by atoms with van der Waals surface area (Å²) in [4.78, 5) is 3.91. The van der Waals surface area contributed by atoms with Crippen LogP contribution in [0.5, 0.6) is 0 Å². The van der Waals surface area contributed by atoms with Crippen LogP contribution in [0.1, 0.15) is 0 Å². The van der Waals surface area contributed by atoms with Crippen molar-refractivity contribution in [2.45, 2.75) is 4.90 Å². The summed E-state index contributed by atoms with van der Waals surface area (Å²) < 4.78 is 30.4. The van der Waals surface area contributed by atoms with E-state index in [4.69, 9.17) is 4.55 Å². The first-order chi connectivity index (χ1) is 6.57. The van der Waals surface area contributed by atoms with Crippen molar-refractivity contribution in [3.63, 3.8) is 0 Å². The van der Waals surface area contributed by atoms with Crippen LogP contribution < -0.4 is 0 Å². The van der Waals surface area contributed by atoms with Gasteiger partial charge in [-0.15, -0.1) is 0 Å². The molecule has 1 N–H and O–H groups in total. The van der Waals surface area contributed by atoms with E-state index < -0.39 is 10.1 Å². The molecule has 74 valence electrons. The maximum absolute atomic E-state index is 10.8. The minimum atomic E-state index is -4.12. The van der Waals surface area contributed by atoms with Crippen LogP contribution in [-0.2, 0) is 10.1 Å². The predicted octanol–water partition coefficient (Wildman–Crippen LogP) is 0.833. The molecule has 0 bridgehead atoms. The SMILES string of the molecule is O=S(=O)(O)c1ccc2ncccc2c1.[NaH]. The molecule has 0 amide bonds. The molecule has 1 aromatic heterocycles. The van der Waals surface area contributed by atoms with Gasteiger partial charge in [0.2, 0.25) is 0 Å². The second-order valence-corrected chi connectivity index (χ2v) is 4.25. The molecule has 1 heterocycles. The van der Waals surface area contributed by atoms with Crippen LogP contribution in [0, 0.1) is 0 Å². The fraction of sp³-hybridized carbons (Fsp3) is 0. The van der Waals surface area contributed by atoms with Gasteiger partial charge in [0.15, 0.2) is 0 Å². The third-order valence-electron chi connectivity index (χ3n) is 1.87. The third-order valence-corrected chi connectivity index (χ3v) is 2.72. The van der Waals surface area contributed by atoms with Crippen LogP contribution in [0.4, 0.5) is 0 Å². The van der Waals surface area contributed by atoms with E-state index in [0.29, 0.717) is 10.9 Å². The van der Waals surface area contributed by atoms with Gasteiger partial charge in [0.25, 0.3) is 10.1 Å². The number of pyridine rings is 1. The van der Waals surface area contributed by atoms with Crippen LogP contribution in [0.3, 0.4) is 0 Å². The Morgan fingerprint density at radius 3 is 2.60 bits per heavy atom.